The zero-order valence-corrected chi connectivity index (χ0v) is 10.5. The first-order chi connectivity index (χ1) is 7.76. The molecule has 90 valence electrons. The maximum Gasteiger partial charge on any atom is 0.212 e. The van der Waals surface area contributed by atoms with Crippen LogP contribution in [-0.4, -0.2) is 24.7 Å². The molecule has 1 heterocycles. The van der Waals surface area contributed by atoms with Gasteiger partial charge in [0.05, 0.1) is 7.11 Å². The van der Waals surface area contributed by atoms with Gasteiger partial charge < -0.3 is 10.1 Å². The second-order valence-corrected chi connectivity index (χ2v) is 4.10. The first-order valence-electron chi connectivity index (χ1n) is 5.98. The van der Waals surface area contributed by atoms with Crippen molar-refractivity contribution in [1.82, 2.24) is 10.3 Å². The van der Waals surface area contributed by atoms with Gasteiger partial charge >= 0.3 is 0 Å². The summed E-state index contributed by atoms with van der Waals surface area (Å²) in [5, 5.41) is 3.48. The van der Waals surface area contributed by atoms with Gasteiger partial charge in [0.2, 0.25) is 5.88 Å². The summed E-state index contributed by atoms with van der Waals surface area (Å²) in [5.41, 5.74) is 1.27. The predicted octanol–water partition coefficient (Wildman–Crippen LogP) is 2.41. The van der Waals surface area contributed by atoms with Crippen molar-refractivity contribution in [3.8, 4) is 5.88 Å². The molecule has 3 nitrogen and oxygen atoms in total. The average Bonchev–Trinajstić information content (AvgIpc) is 2.34. The Morgan fingerprint density at radius 2 is 2.25 bits per heavy atom. The molecule has 0 bridgehead atoms. The first kappa shape index (κ1) is 13.0. The number of methoxy groups -OCH3 is 1. The fourth-order valence-electron chi connectivity index (χ4n) is 1.56. The predicted molar refractivity (Wildman–Crippen MR) is 66.9 cm³/mol. The molecule has 0 saturated carbocycles. The van der Waals surface area contributed by atoms with Crippen LogP contribution in [0.15, 0.2) is 18.3 Å². The molecule has 16 heavy (non-hydrogen) atoms. The lowest BCUT2D eigenvalue weighted by molar-refractivity contribution is 0.397. The Bertz CT molecular complexity index is 284. The quantitative estimate of drug-likeness (QED) is 0.769. The fourth-order valence-corrected chi connectivity index (χ4v) is 1.56. The Morgan fingerprint density at radius 3 is 2.81 bits per heavy atom. The minimum Gasteiger partial charge on any atom is -0.481 e. The first-order valence-corrected chi connectivity index (χ1v) is 5.98. The topological polar surface area (TPSA) is 34.1 Å². The summed E-state index contributed by atoms with van der Waals surface area (Å²) in [6.45, 7) is 5.52. The lowest BCUT2D eigenvalue weighted by Crippen LogP contribution is -2.27. The number of aryl methyl sites for hydroxylation is 1. The number of rotatable bonds is 7. The molecule has 0 spiro atoms. The van der Waals surface area contributed by atoms with Crippen molar-refractivity contribution < 1.29 is 4.74 Å². The molecule has 1 rings (SSSR count). The Labute approximate surface area is 98.2 Å². The normalized spacial score (nSPS) is 12.4. The monoisotopic (exact) mass is 222 g/mol. The second-order valence-electron chi connectivity index (χ2n) is 4.10. The van der Waals surface area contributed by atoms with Crippen LogP contribution in [0.25, 0.3) is 0 Å². The van der Waals surface area contributed by atoms with Crippen molar-refractivity contribution in [2.45, 2.75) is 39.2 Å². The summed E-state index contributed by atoms with van der Waals surface area (Å²) in [5.74, 6) is 0.681. The van der Waals surface area contributed by atoms with E-state index in [2.05, 4.69) is 30.2 Å². The zero-order chi connectivity index (χ0) is 11.8. The number of nitrogens with one attached hydrogen (secondary N) is 1. The molecule has 1 aromatic heterocycles. The molecular weight excluding hydrogens is 200 g/mol. The van der Waals surface area contributed by atoms with Crippen LogP contribution in [-0.2, 0) is 6.42 Å². The lowest BCUT2D eigenvalue weighted by Gasteiger charge is -2.12. The molecule has 0 aliphatic rings. The molecule has 1 atom stereocenters. The standard InChI is InChI=1S/C13H22N2O/c1-4-9-14-11(2)5-6-12-7-8-13(16-3)15-10-12/h7-8,10-11,14H,4-6,9H2,1-3H3. The highest BCUT2D eigenvalue weighted by Crippen LogP contribution is 2.09. The van der Waals surface area contributed by atoms with Gasteiger partial charge in [0.25, 0.3) is 0 Å². The van der Waals surface area contributed by atoms with Crippen LogP contribution in [0.1, 0.15) is 32.3 Å². The molecule has 3 heteroatoms. The molecule has 0 aliphatic heterocycles. The Morgan fingerprint density at radius 1 is 1.44 bits per heavy atom. The van der Waals surface area contributed by atoms with Gasteiger partial charge in [-0.2, -0.15) is 0 Å². The largest absolute Gasteiger partial charge is 0.481 e. The van der Waals surface area contributed by atoms with E-state index in [0.29, 0.717) is 11.9 Å². The van der Waals surface area contributed by atoms with Crippen LogP contribution in [0.5, 0.6) is 5.88 Å². The van der Waals surface area contributed by atoms with Crippen LogP contribution >= 0.6 is 0 Å². The zero-order valence-electron chi connectivity index (χ0n) is 10.5. The van der Waals surface area contributed by atoms with E-state index in [0.717, 1.165) is 19.4 Å². The lowest BCUT2D eigenvalue weighted by atomic mass is 10.1. The number of aromatic nitrogens is 1. The van der Waals surface area contributed by atoms with E-state index in [1.807, 2.05) is 12.3 Å². The van der Waals surface area contributed by atoms with Gasteiger partial charge in [-0.05, 0) is 38.3 Å². The number of nitrogens with zero attached hydrogens (tertiary/aromatic N) is 1. The molecule has 1 unspecified atom stereocenters. The van der Waals surface area contributed by atoms with E-state index in [4.69, 9.17) is 4.74 Å². The fraction of sp³-hybridized carbons (Fsp3) is 0.615. The second kappa shape index (κ2) is 7.23. The van der Waals surface area contributed by atoms with E-state index in [1.165, 1.54) is 12.0 Å². The Balaban J connectivity index is 2.30. The minimum absolute atomic E-state index is 0.571. The number of hydrogen-bond donors (Lipinski definition) is 1. The van der Waals surface area contributed by atoms with E-state index in [1.54, 1.807) is 7.11 Å². The maximum absolute atomic E-state index is 5.02. The molecule has 0 aromatic carbocycles. The van der Waals surface area contributed by atoms with Gasteiger partial charge in [-0.25, -0.2) is 4.98 Å². The van der Waals surface area contributed by atoms with Crippen molar-refractivity contribution in [1.29, 1.82) is 0 Å². The molecular formula is C13H22N2O. The van der Waals surface area contributed by atoms with Crippen LogP contribution in [0.2, 0.25) is 0 Å². The minimum atomic E-state index is 0.571. The third-order valence-corrected chi connectivity index (χ3v) is 2.62. The van der Waals surface area contributed by atoms with Gasteiger partial charge in [-0.15, -0.1) is 0 Å². The van der Waals surface area contributed by atoms with Crippen LogP contribution < -0.4 is 10.1 Å². The number of ether oxygens (including phenoxy) is 1. The van der Waals surface area contributed by atoms with Crippen molar-refractivity contribution in [3.05, 3.63) is 23.9 Å². The van der Waals surface area contributed by atoms with E-state index < -0.39 is 0 Å². The van der Waals surface area contributed by atoms with E-state index in [-0.39, 0.29) is 0 Å². The SMILES string of the molecule is CCCNC(C)CCc1ccc(OC)nc1. The Hall–Kier alpha value is -1.09. The summed E-state index contributed by atoms with van der Waals surface area (Å²) in [6, 6.07) is 4.57. The van der Waals surface area contributed by atoms with Gasteiger partial charge in [0.1, 0.15) is 0 Å². The number of hydrogen-bond acceptors (Lipinski definition) is 3. The molecule has 0 fully saturated rings. The highest BCUT2D eigenvalue weighted by atomic mass is 16.5. The third-order valence-electron chi connectivity index (χ3n) is 2.62. The summed E-state index contributed by atoms with van der Waals surface area (Å²) in [4.78, 5) is 4.19. The van der Waals surface area contributed by atoms with E-state index in [9.17, 15) is 0 Å². The van der Waals surface area contributed by atoms with Crippen LogP contribution in [0.4, 0.5) is 0 Å². The summed E-state index contributed by atoms with van der Waals surface area (Å²) in [7, 11) is 1.64. The van der Waals surface area contributed by atoms with Gasteiger partial charge in [0, 0.05) is 18.3 Å². The summed E-state index contributed by atoms with van der Waals surface area (Å²) in [6.07, 6.45) is 5.29. The average molecular weight is 222 g/mol. The molecule has 1 N–H and O–H groups in total. The van der Waals surface area contributed by atoms with Gasteiger partial charge in [0.15, 0.2) is 0 Å². The molecule has 0 amide bonds. The highest BCUT2D eigenvalue weighted by molar-refractivity contribution is 5.17. The van der Waals surface area contributed by atoms with Crippen molar-refractivity contribution in [3.63, 3.8) is 0 Å². The third kappa shape index (κ3) is 4.62. The van der Waals surface area contributed by atoms with Crippen LogP contribution in [0, 0.1) is 0 Å². The Kier molecular flexibility index (Phi) is 5.86. The van der Waals surface area contributed by atoms with Gasteiger partial charge in [-0.1, -0.05) is 13.0 Å². The molecule has 1 aromatic rings. The number of pyridine rings is 1. The van der Waals surface area contributed by atoms with Crippen LogP contribution in [0.3, 0.4) is 0 Å². The van der Waals surface area contributed by atoms with Crippen molar-refractivity contribution in [2.75, 3.05) is 13.7 Å². The maximum atomic E-state index is 5.02. The molecule has 0 radical (unpaired) electrons. The molecule has 0 aliphatic carbocycles. The van der Waals surface area contributed by atoms with Crippen molar-refractivity contribution >= 4 is 0 Å². The highest BCUT2D eigenvalue weighted by Gasteiger charge is 2.01. The van der Waals surface area contributed by atoms with Gasteiger partial charge in [-0.3, -0.25) is 0 Å². The van der Waals surface area contributed by atoms with Crippen molar-refractivity contribution in [2.24, 2.45) is 0 Å². The summed E-state index contributed by atoms with van der Waals surface area (Å²) < 4.78 is 5.02. The van der Waals surface area contributed by atoms with E-state index >= 15 is 0 Å². The smallest absolute Gasteiger partial charge is 0.212 e. The molecule has 0 saturated heterocycles. The summed E-state index contributed by atoms with van der Waals surface area (Å²) >= 11 is 0.